The Kier molecular flexibility index (Phi) is 5.75. The minimum Gasteiger partial charge on any atom is -0.321 e. The maximum Gasteiger partial charge on any atom is 0.255 e. The van der Waals surface area contributed by atoms with Crippen LogP contribution in [0.5, 0.6) is 0 Å². The second-order valence-corrected chi connectivity index (χ2v) is 7.95. The molecule has 160 valence electrons. The van der Waals surface area contributed by atoms with Crippen molar-refractivity contribution in [2.75, 3.05) is 5.32 Å². The van der Waals surface area contributed by atoms with E-state index in [1.54, 1.807) is 24.3 Å². The number of hydrogen-bond acceptors (Lipinski definition) is 2. The quantitative estimate of drug-likeness (QED) is 0.310. The number of rotatable bonds is 5. The van der Waals surface area contributed by atoms with Gasteiger partial charge in [0.05, 0.1) is 27.8 Å². The summed E-state index contributed by atoms with van der Waals surface area (Å²) in [6.07, 6.45) is 0. The molecule has 1 N–H and O–H groups in total. The SMILES string of the molecule is O=C(Nc1ccccc1Cl)c1ccc(-n2nc(-c3ccccc3)cc2-c2ccccc2)cc1. The van der Waals surface area contributed by atoms with Gasteiger partial charge in [0.25, 0.3) is 5.91 Å². The Morgan fingerprint density at radius 2 is 1.33 bits per heavy atom. The summed E-state index contributed by atoms with van der Waals surface area (Å²) in [5.74, 6) is -0.219. The maximum absolute atomic E-state index is 12.7. The minimum atomic E-state index is -0.219. The fourth-order valence-corrected chi connectivity index (χ4v) is 3.84. The summed E-state index contributed by atoms with van der Waals surface area (Å²) in [5, 5.41) is 8.23. The van der Waals surface area contributed by atoms with Crippen LogP contribution in [0, 0.1) is 0 Å². The number of aromatic nitrogens is 2. The van der Waals surface area contributed by atoms with Gasteiger partial charge in [-0.25, -0.2) is 4.68 Å². The summed E-state index contributed by atoms with van der Waals surface area (Å²) >= 11 is 6.16. The number of nitrogens with one attached hydrogen (secondary N) is 1. The Balaban J connectivity index is 1.49. The molecule has 33 heavy (non-hydrogen) atoms. The molecule has 0 unspecified atom stereocenters. The van der Waals surface area contributed by atoms with E-state index in [0.29, 0.717) is 16.3 Å². The highest BCUT2D eigenvalue weighted by molar-refractivity contribution is 6.33. The molecule has 0 bridgehead atoms. The first-order valence-corrected chi connectivity index (χ1v) is 10.9. The van der Waals surface area contributed by atoms with Crippen molar-refractivity contribution in [1.29, 1.82) is 0 Å². The Morgan fingerprint density at radius 3 is 2.00 bits per heavy atom. The Bertz CT molecular complexity index is 1390. The van der Waals surface area contributed by atoms with Gasteiger partial charge in [0.2, 0.25) is 0 Å². The van der Waals surface area contributed by atoms with Crippen LogP contribution in [0.2, 0.25) is 5.02 Å². The van der Waals surface area contributed by atoms with E-state index >= 15 is 0 Å². The number of carbonyl (C=O) groups excluding carboxylic acids is 1. The Morgan fingerprint density at radius 1 is 0.727 bits per heavy atom. The van der Waals surface area contributed by atoms with Crippen molar-refractivity contribution < 1.29 is 4.79 Å². The third-order valence-corrected chi connectivity index (χ3v) is 5.67. The largest absolute Gasteiger partial charge is 0.321 e. The van der Waals surface area contributed by atoms with Crippen molar-refractivity contribution >= 4 is 23.2 Å². The summed E-state index contributed by atoms with van der Waals surface area (Å²) in [6.45, 7) is 0. The summed E-state index contributed by atoms with van der Waals surface area (Å²) < 4.78 is 1.91. The molecule has 4 aromatic carbocycles. The van der Waals surface area contributed by atoms with Gasteiger partial charge < -0.3 is 5.32 Å². The summed E-state index contributed by atoms with van der Waals surface area (Å²) in [6, 6.07) is 36.9. The van der Waals surface area contributed by atoms with Crippen LogP contribution in [0.15, 0.2) is 115 Å². The van der Waals surface area contributed by atoms with Gasteiger partial charge in [-0.05, 0) is 42.5 Å². The molecule has 0 saturated heterocycles. The van der Waals surface area contributed by atoms with Gasteiger partial charge >= 0.3 is 0 Å². The van der Waals surface area contributed by atoms with Crippen LogP contribution in [0.1, 0.15) is 10.4 Å². The molecule has 0 aliphatic heterocycles. The van der Waals surface area contributed by atoms with E-state index in [0.717, 1.165) is 28.2 Å². The molecule has 1 amide bonds. The predicted molar refractivity (Wildman–Crippen MR) is 134 cm³/mol. The van der Waals surface area contributed by atoms with E-state index in [1.165, 1.54) is 0 Å². The first-order chi connectivity index (χ1) is 16.2. The zero-order chi connectivity index (χ0) is 22.6. The third-order valence-electron chi connectivity index (χ3n) is 5.34. The van der Waals surface area contributed by atoms with E-state index in [4.69, 9.17) is 16.7 Å². The molecule has 4 nitrogen and oxygen atoms in total. The van der Waals surface area contributed by atoms with Gasteiger partial charge in [-0.15, -0.1) is 0 Å². The molecular weight excluding hydrogens is 430 g/mol. The molecule has 5 heteroatoms. The smallest absolute Gasteiger partial charge is 0.255 e. The number of para-hydroxylation sites is 1. The van der Waals surface area contributed by atoms with Gasteiger partial charge in [0.15, 0.2) is 0 Å². The molecule has 0 radical (unpaired) electrons. The molecule has 0 aliphatic carbocycles. The fourth-order valence-electron chi connectivity index (χ4n) is 3.65. The first kappa shape index (κ1) is 20.7. The third kappa shape index (κ3) is 4.43. The summed E-state index contributed by atoms with van der Waals surface area (Å²) in [7, 11) is 0. The van der Waals surface area contributed by atoms with E-state index in [2.05, 4.69) is 23.5 Å². The molecule has 1 heterocycles. The van der Waals surface area contributed by atoms with Crippen molar-refractivity contribution in [2.45, 2.75) is 0 Å². The van der Waals surface area contributed by atoms with Gasteiger partial charge in [-0.1, -0.05) is 84.4 Å². The van der Waals surface area contributed by atoms with Crippen LogP contribution >= 0.6 is 11.6 Å². The highest BCUT2D eigenvalue weighted by Gasteiger charge is 2.14. The number of nitrogens with zero attached hydrogens (tertiary/aromatic N) is 2. The Hall–Kier alpha value is -4.15. The molecule has 0 aliphatic rings. The number of halogens is 1. The molecule has 5 rings (SSSR count). The number of anilines is 1. The molecular formula is C28H20ClN3O. The number of carbonyl (C=O) groups is 1. The summed E-state index contributed by atoms with van der Waals surface area (Å²) in [5.41, 5.74) is 5.95. The number of amides is 1. The van der Waals surface area contributed by atoms with E-state index in [1.807, 2.05) is 77.5 Å². The molecule has 0 saturated carbocycles. The number of hydrogen-bond donors (Lipinski definition) is 1. The normalized spacial score (nSPS) is 10.7. The van der Waals surface area contributed by atoms with Gasteiger partial charge in [0.1, 0.15) is 0 Å². The number of benzene rings is 4. The molecule has 5 aromatic rings. The van der Waals surface area contributed by atoms with Crippen molar-refractivity contribution in [2.24, 2.45) is 0 Å². The lowest BCUT2D eigenvalue weighted by atomic mass is 10.1. The standard InChI is InChI=1S/C28H20ClN3O/c29-24-13-7-8-14-25(24)30-28(33)22-15-17-23(18-16-22)32-27(21-11-5-2-6-12-21)19-26(31-32)20-9-3-1-4-10-20/h1-19H,(H,30,33). The van der Waals surface area contributed by atoms with Crippen LogP contribution in [-0.4, -0.2) is 15.7 Å². The minimum absolute atomic E-state index is 0.219. The van der Waals surface area contributed by atoms with Crippen molar-refractivity contribution in [3.8, 4) is 28.2 Å². The Labute approximate surface area is 197 Å². The van der Waals surface area contributed by atoms with Crippen LogP contribution in [0.25, 0.3) is 28.2 Å². The van der Waals surface area contributed by atoms with Crippen molar-refractivity contribution in [1.82, 2.24) is 9.78 Å². The average Bonchev–Trinajstić information content (AvgIpc) is 3.32. The molecule has 0 atom stereocenters. The zero-order valence-electron chi connectivity index (χ0n) is 17.7. The maximum atomic E-state index is 12.7. The average molecular weight is 450 g/mol. The molecule has 1 aromatic heterocycles. The van der Waals surface area contributed by atoms with Crippen molar-refractivity contribution in [3.63, 3.8) is 0 Å². The van der Waals surface area contributed by atoms with E-state index in [-0.39, 0.29) is 5.91 Å². The van der Waals surface area contributed by atoms with Crippen LogP contribution < -0.4 is 5.32 Å². The van der Waals surface area contributed by atoms with Gasteiger partial charge in [-0.3, -0.25) is 4.79 Å². The highest BCUT2D eigenvalue weighted by Crippen LogP contribution is 2.29. The van der Waals surface area contributed by atoms with E-state index < -0.39 is 0 Å². The lowest BCUT2D eigenvalue weighted by molar-refractivity contribution is 0.102. The van der Waals surface area contributed by atoms with E-state index in [9.17, 15) is 4.79 Å². The lowest BCUT2D eigenvalue weighted by Crippen LogP contribution is -2.12. The zero-order valence-corrected chi connectivity index (χ0v) is 18.4. The molecule has 0 fully saturated rings. The lowest BCUT2D eigenvalue weighted by Gasteiger charge is -2.10. The van der Waals surface area contributed by atoms with Crippen LogP contribution in [0.4, 0.5) is 5.69 Å². The van der Waals surface area contributed by atoms with Crippen LogP contribution in [-0.2, 0) is 0 Å². The highest BCUT2D eigenvalue weighted by atomic mass is 35.5. The van der Waals surface area contributed by atoms with Gasteiger partial charge in [-0.2, -0.15) is 5.10 Å². The van der Waals surface area contributed by atoms with Gasteiger partial charge in [0, 0.05) is 16.7 Å². The fraction of sp³-hybridized carbons (Fsp3) is 0. The second-order valence-electron chi connectivity index (χ2n) is 7.54. The first-order valence-electron chi connectivity index (χ1n) is 10.6. The monoisotopic (exact) mass is 449 g/mol. The van der Waals surface area contributed by atoms with Crippen molar-refractivity contribution in [3.05, 3.63) is 126 Å². The molecule has 0 spiro atoms. The second kappa shape index (κ2) is 9.15. The topological polar surface area (TPSA) is 46.9 Å². The van der Waals surface area contributed by atoms with Crippen LogP contribution in [0.3, 0.4) is 0 Å². The predicted octanol–water partition coefficient (Wildman–Crippen LogP) is 7.11. The summed E-state index contributed by atoms with van der Waals surface area (Å²) in [4.78, 5) is 12.7.